The maximum atomic E-state index is 2.31. The van der Waals surface area contributed by atoms with Gasteiger partial charge in [-0.3, -0.25) is 8.80 Å². The van der Waals surface area contributed by atoms with Gasteiger partial charge in [0.1, 0.15) is 0 Å². The minimum Gasteiger partial charge on any atom is -0.292 e. The summed E-state index contributed by atoms with van der Waals surface area (Å²) in [5, 5.41) is 1.52. The van der Waals surface area contributed by atoms with Crippen LogP contribution in [0.3, 0.4) is 0 Å². The van der Waals surface area contributed by atoms with Gasteiger partial charge in [0, 0.05) is 0 Å². The first-order chi connectivity index (χ1) is 4.30. The largest absolute Gasteiger partial charge is 0.292 e. The minimum absolute atomic E-state index is 0.212. The highest BCUT2D eigenvalue weighted by Gasteiger charge is 1.79. The van der Waals surface area contributed by atoms with Crippen LogP contribution in [0, 0.1) is 0 Å². The molecule has 0 aliphatic rings. The summed E-state index contributed by atoms with van der Waals surface area (Å²) in [4.78, 5) is 0. The molecule has 1 rings (SSSR count). The fraction of sp³-hybridized carbons (Fsp3) is 0.250. The van der Waals surface area contributed by atoms with Gasteiger partial charge in [-0.1, -0.05) is 30.3 Å². The molecule has 0 N–H and O–H groups in total. The van der Waals surface area contributed by atoms with E-state index < -0.39 is 0 Å². The van der Waals surface area contributed by atoms with E-state index in [-0.39, 0.29) is 8.80 Å². The van der Waals surface area contributed by atoms with Crippen molar-refractivity contribution in [2.75, 3.05) is 0 Å². The van der Waals surface area contributed by atoms with Crippen LogP contribution in [0.1, 0.15) is 0 Å². The molecule has 0 fully saturated rings. The summed E-state index contributed by atoms with van der Waals surface area (Å²) in [6, 6.07) is 10.7. The number of hydrogen-bond donors (Lipinski definition) is 0. The number of benzene rings is 1. The van der Waals surface area contributed by atoms with Crippen LogP contribution < -0.4 is 5.19 Å². The summed E-state index contributed by atoms with van der Waals surface area (Å²) in [6.07, 6.45) is 0. The predicted octanol–water partition coefficient (Wildman–Crippen LogP) is 1.65. The van der Waals surface area contributed by atoms with Crippen molar-refractivity contribution in [1.82, 2.24) is 0 Å². The lowest BCUT2D eigenvalue weighted by molar-refractivity contribution is 1.74. The first-order valence-electron chi connectivity index (χ1n) is 3.16. The van der Waals surface area contributed by atoms with Crippen molar-refractivity contribution < 1.29 is 0 Å². The maximum Gasteiger partial charge on any atom is -0.0625 e. The molecule has 0 aromatic heterocycles. The summed E-state index contributed by atoms with van der Waals surface area (Å²) >= 11 is 0. The second kappa shape index (κ2) is 2.83. The Morgan fingerprint density at radius 2 is 1.56 bits per heavy atom. The molecule has 9 heavy (non-hydrogen) atoms. The first-order valence-corrected chi connectivity index (χ1v) is 5.66. The van der Waals surface area contributed by atoms with Gasteiger partial charge in [0.15, 0.2) is 0 Å². The molecule has 0 aliphatic carbocycles. The van der Waals surface area contributed by atoms with E-state index in [0.717, 1.165) is 0 Å². The quantitative estimate of drug-likeness (QED) is 0.514. The normalized spacial score (nSPS) is 9.11. The van der Waals surface area contributed by atoms with Gasteiger partial charge in [0.05, 0.1) is 0 Å². The van der Waals surface area contributed by atoms with Crippen LogP contribution in [-0.2, 0) is 0 Å². The highest BCUT2D eigenvalue weighted by Crippen LogP contribution is 1.85. The zero-order valence-corrected chi connectivity index (χ0v) is 6.89. The first kappa shape index (κ1) is 6.56. The highest BCUT2D eigenvalue weighted by atomic mass is 28.3. The molecule has 0 unspecified atom stereocenters. The Balaban J connectivity index is 2.85. The van der Waals surface area contributed by atoms with Gasteiger partial charge in [0.25, 0.3) is 0 Å². The molecule has 0 aliphatic heterocycles. The SMILES string of the molecule is C[Si-](C)c1ccccc1. The molecular formula is C8H11Si-. The molecule has 0 atom stereocenters. The van der Waals surface area contributed by atoms with Crippen molar-refractivity contribution in [2.45, 2.75) is 13.1 Å². The molecule has 0 spiro atoms. The van der Waals surface area contributed by atoms with Gasteiger partial charge in [0.2, 0.25) is 0 Å². The zero-order valence-electron chi connectivity index (χ0n) is 5.89. The van der Waals surface area contributed by atoms with Gasteiger partial charge in [-0.05, 0) is 0 Å². The Labute approximate surface area is 58.1 Å². The molecule has 0 nitrogen and oxygen atoms in total. The maximum absolute atomic E-state index is 2.31. The third-order valence-electron chi connectivity index (χ3n) is 1.35. The fourth-order valence-corrected chi connectivity index (χ4v) is 1.63. The van der Waals surface area contributed by atoms with Crippen molar-refractivity contribution in [1.29, 1.82) is 0 Å². The molecule has 0 bridgehead atoms. The minimum atomic E-state index is -0.212. The molecular weight excluding hydrogens is 124 g/mol. The fourth-order valence-electron chi connectivity index (χ4n) is 0.771. The standard InChI is InChI=1S/C8H11Si/c1-9(2)8-6-4-3-5-7-8/h3-7H,1-2H3/q-1. The summed E-state index contributed by atoms with van der Waals surface area (Å²) in [5.41, 5.74) is 0. The summed E-state index contributed by atoms with van der Waals surface area (Å²) in [5.74, 6) is 0. The van der Waals surface area contributed by atoms with Gasteiger partial charge in [-0.15, -0.1) is 0 Å². The van der Waals surface area contributed by atoms with Crippen LogP contribution >= 0.6 is 0 Å². The molecule has 0 heterocycles. The van der Waals surface area contributed by atoms with E-state index in [4.69, 9.17) is 0 Å². The summed E-state index contributed by atoms with van der Waals surface area (Å²) < 4.78 is 0. The van der Waals surface area contributed by atoms with Crippen LogP contribution in [0.5, 0.6) is 0 Å². The second-order valence-electron chi connectivity index (χ2n) is 2.37. The van der Waals surface area contributed by atoms with E-state index >= 15 is 0 Å². The smallest absolute Gasteiger partial charge is 0.0625 e. The van der Waals surface area contributed by atoms with E-state index in [1.165, 1.54) is 5.19 Å². The highest BCUT2D eigenvalue weighted by molar-refractivity contribution is 6.70. The van der Waals surface area contributed by atoms with E-state index in [1.54, 1.807) is 0 Å². The van der Waals surface area contributed by atoms with Crippen molar-refractivity contribution >= 4 is 14.0 Å². The third kappa shape index (κ3) is 1.68. The molecule has 0 saturated carbocycles. The van der Waals surface area contributed by atoms with E-state index in [9.17, 15) is 0 Å². The molecule has 48 valence electrons. The van der Waals surface area contributed by atoms with Gasteiger partial charge >= 0.3 is 0 Å². The third-order valence-corrected chi connectivity index (χ3v) is 2.84. The molecule has 1 heteroatoms. The topological polar surface area (TPSA) is 0 Å². The lowest BCUT2D eigenvalue weighted by Crippen LogP contribution is -2.21. The Hall–Kier alpha value is -0.563. The monoisotopic (exact) mass is 135 g/mol. The van der Waals surface area contributed by atoms with Crippen molar-refractivity contribution in [2.24, 2.45) is 0 Å². The lowest BCUT2D eigenvalue weighted by atomic mass is 10.4. The van der Waals surface area contributed by atoms with Crippen LogP contribution in [-0.4, -0.2) is 8.80 Å². The average molecular weight is 135 g/mol. The summed E-state index contributed by atoms with van der Waals surface area (Å²) in [7, 11) is -0.212. The van der Waals surface area contributed by atoms with Crippen LogP contribution in [0.15, 0.2) is 30.3 Å². The Morgan fingerprint density at radius 1 is 1.00 bits per heavy atom. The van der Waals surface area contributed by atoms with Gasteiger partial charge in [-0.25, -0.2) is 0 Å². The Morgan fingerprint density at radius 3 is 1.89 bits per heavy atom. The number of hydrogen-bond acceptors (Lipinski definition) is 0. The lowest BCUT2D eigenvalue weighted by Gasteiger charge is -2.17. The molecule has 1 aromatic carbocycles. The molecule has 0 saturated heterocycles. The molecule has 1 aromatic rings. The predicted molar refractivity (Wildman–Crippen MR) is 43.6 cm³/mol. The van der Waals surface area contributed by atoms with Gasteiger partial charge < -0.3 is 0 Å². The zero-order chi connectivity index (χ0) is 6.69. The van der Waals surface area contributed by atoms with Crippen LogP contribution in [0.25, 0.3) is 0 Å². The van der Waals surface area contributed by atoms with Crippen molar-refractivity contribution in [3.8, 4) is 0 Å². The molecule has 0 amide bonds. The van der Waals surface area contributed by atoms with Crippen LogP contribution in [0.4, 0.5) is 0 Å². The van der Waals surface area contributed by atoms with Crippen molar-refractivity contribution in [3.05, 3.63) is 30.3 Å². The number of rotatable bonds is 1. The van der Waals surface area contributed by atoms with Crippen molar-refractivity contribution in [3.63, 3.8) is 0 Å². The second-order valence-corrected chi connectivity index (χ2v) is 4.94. The van der Waals surface area contributed by atoms with Gasteiger partial charge in [-0.2, -0.15) is 18.3 Å². The Bertz CT molecular complexity index is 167. The molecule has 0 radical (unpaired) electrons. The Kier molecular flexibility index (Phi) is 2.06. The van der Waals surface area contributed by atoms with Crippen LogP contribution in [0.2, 0.25) is 13.1 Å². The van der Waals surface area contributed by atoms with E-state index in [1.807, 2.05) is 0 Å². The van der Waals surface area contributed by atoms with E-state index in [0.29, 0.717) is 0 Å². The van der Waals surface area contributed by atoms with E-state index in [2.05, 4.69) is 43.4 Å². The summed E-state index contributed by atoms with van der Waals surface area (Å²) in [6.45, 7) is 4.61. The average Bonchev–Trinajstić information content (AvgIpc) is 1.90.